The molecule has 0 aromatic rings. The van der Waals surface area contributed by atoms with Gasteiger partial charge in [-0.1, -0.05) is 6.92 Å². The Labute approximate surface area is 125 Å². The van der Waals surface area contributed by atoms with Crippen LogP contribution in [-0.2, 0) is 23.9 Å². The number of carbonyl (C=O) groups is 4. The number of carboxylic acids is 1. The van der Waals surface area contributed by atoms with Crippen molar-refractivity contribution < 1.29 is 34.1 Å². The van der Waals surface area contributed by atoms with Crippen molar-refractivity contribution >= 4 is 35.5 Å². The van der Waals surface area contributed by atoms with Crippen molar-refractivity contribution in [3.8, 4) is 0 Å². The van der Waals surface area contributed by atoms with Crippen LogP contribution in [0, 0.1) is 5.92 Å². The molecule has 8 nitrogen and oxygen atoms in total. The van der Waals surface area contributed by atoms with Crippen molar-refractivity contribution in [2.45, 2.75) is 25.5 Å². The zero-order valence-corrected chi connectivity index (χ0v) is 12.5. The van der Waals surface area contributed by atoms with E-state index in [0.29, 0.717) is 0 Å². The molecule has 1 saturated heterocycles. The Morgan fingerprint density at radius 3 is 2.48 bits per heavy atom. The molecule has 3 atom stereocenters. The number of thioether (sulfide) groups is 1. The monoisotopic (exact) mass is 319 g/mol. The quantitative estimate of drug-likeness (QED) is 0.457. The molecule has 0 aliphatic carbocycles. The predicted molar refractivity (Wildman–Crippen MR) is 72.4 cm³/mol. The molecule has 0 aromatic carbocycles. The number of carbonyl (C=O) groups excluding carboxylic acids is 3. The van der Waals surface area contributed by atoms with E-state index in [0.717, 1.165) is 23.8 Å². The molecule has 0 radical (unpaired) electrons. The van der Waals surface area contributed by atoms with Gasteiger partial charge in [0.15, 0.2) is 6.10 Å². The maximum absolute atomic E-state index is 11.9. The zero-order valence-electron chi connectivity index (χ0n) is 11.6. The summed E-state index contributed by atoms with van der Waals surface area (Å²) in [6, 6.07) is -1.11. The van der Waals surface area contributed by atoms with Gasteiger partial charge in [0.2, 0.25) is 11.8 Å². The summed E-state index contributed by atoms with van der Waals surface area (Å²) in [7, 11) is 1.14. The van der Waals surface area contributed by atoms with E-state index in [4.69, 9.17) is 10.2 Å². The number of esters is 1. The molecule has 0 saturated carbocycles. The molecule has 0 spiro atoms. The molecular weight excluding hydrogens is 302 g/mol. The number of aliphatic hydroxyl groups is 1. The van der Waals surface area contributed by atoms with Gasteiger partial charge in [0, 0.05) is 23.8 Å². The molecular formula is C12H17NO7S. The van der Waals surface area contributed by atoms with Gasteiger partial charge < -0.3 is 14.9 Å². The first-order valence-corrected chi connectivity index (χ1v) is 7.37. The third-order valence-corrected chi connectivity index (χ3v) is 4.13. The number of methoxy groups -OCH3 is 1. The molecule has 118 valence electrons. The molecule has 3 unspecified atom stereocenters. The minimum absolute atomic E-state index is 0.0266. The molecule has 9 heteroatoms. The van der Waals surface area contributed by atoms with E-state index in [1.165, 1.54) is 0 Å². The lowest BCUT2D eigenvalue weighted by Crippen LogP contribution is -2.47. The van der Waals surface area contributed by atoms with Crippen LogP contribution in [0.25, 0.3) is 0 Å². The number of rotatable bonds is 7. The Hall–Kier alpha value is -1.61. The number of aliphatic hydroxyl groups excluding tert-OH is 1. The third kappa shape index (κ3) is 4.18. The second-order valence-electron chi connectivity index (χ2n) is 4.64. The standard InChI is InChI=1S/C12H17NO7S/c1-6-3-9(15)13(10(6)16)7(12(19)20-2)4-21-5-8(14)11(17)18/h6-8,14H,3-5H2,1-2H3,(H,17,18). The molecule has 21 heavy (non-hydrogen) atoms. The Bertz CT molecular complexity index is 453. The molecule has 1 fully saturated rings. The summed E-state index contributed by atoms with van der Waals surface area (Å²) in [5.41, 5.74) is 0. The first kappa shape index (κ1) is 17.4. The molecule has 1 aliphatic rings. The number of amides is 2. The van der Waals surface area contributed by atoms with E-state index >= 15 is 0 Å². The van der Waals surface area contributed by atoms with E-state index in [-0.39, 0.29) is 17.9 Å². The van der Waals surface area contributed by atoms with Crippen LogP contribution in [0.15, 0.2) is 0 Å². The maximum atomic E-state index is 11.9. The summed E-state index contributed by atoms with van der Waals surface area (Å²) in [4.78, 5) is 46.8. The molecule has 2 N–H and O–H groups in total. The molecule has 2 amide bonds. The summed E-state index contributed by atoms with van der Waals surface area (Å²) in [5.74, 6) is -3.70. The highest BCUT2D eigenvalue weighted by Gasteiger charge is 2.43. The van der Waals surface area contributed by atoms with E-state index in [2.05, 4.69) is 4.74 Å². The largest absolute Gasteiger partial charge is 0.479 e. The van der Waals surface area contributed by atoms with Crippen LogP contribution < -0.4 is 0 Å². The van der Waals surface area contributed by atoms with Crippen molar-refractivity contribution in [3.05, 3.63) is 0 Å². The van der Waals surface area contributed by atoms with E-state index in [1.807, 2.05) is 0 Å². The Morgan fingerprint density at radius 1 is 1.43 bits per heavy atom. The lowest BCUT2D eigenvalue weighted by molar-refractivity contribution is -0.155. The van der Waals surface area contributed by atoms with Crippen molar-refractivity contribution in [1.29, 1.82) is 0 Å². The van der Waals surface area contributed by atoms with Gasteiger partial charge >= 0.3 is 11.9 Å². The fourth-order valence-corrected chi connectivity index (χ4v) is 2.89. The van der Waals surface area contributed by atoms with Gasteiger partial charge in [-0.25, -0.2) is 9.59 Å². The van der Waals surface area contributed by atoms with Crippen LogP contribution in [-0.4, -0.2) is 69.6 Å². The molecule has 0 aromatic heterocycles. The summed E-state index contributed by atoms with van der Waals surface area (Å²) in [5, 5.41) is 17.7. The lowest BCUT2D eigenvalue weighted by Gasteiger charge is -2.24. The number of likely N-dealkylation sites (tertiary alicyclic amines) is 1. The summed E-state index contributed by atoms with van der Waals surface area (Å²) >= 11 is 0.956. The first-order chi connectivity index (χ1) is 9.79. The first-order valence-electron chi connectivity index (χ1n) is 6.22. The van der Waals surface area contributed by atoms with Gasteiger partial charge in [0.1, 0.15) is 6.04 Å². The second kappa shape index (κ2) is 7.41. The highest BCUT2D eigenvalue weighted by Crippen LogP contribution is 2.24. The van der Waals surface area contributed by atoms with E-state index < -0.39 is 41.8 Å². The van der Waals surface area contributed by atoms with Crippen LogP contribution >= 0.6 is 11.8 Å². The van der Waals surface area contributed by atoms with E-state index in [9.17, 15) is 19.2 Å². The van der Waals surface area contributed by atoms with Gasteiger partial charge in [0.05, 0.1) is 7.11 Å². The molecule has 0 bridgehead atoms. The summed E-state index contributed by atoms with van der Waals surface area (Å²) in [6.07, 6.45) is -1.54. The maximum Gasteiger partial charge on any atom is 0.333 e. The van der Waals surface area contributed by atoms with Crippen molar-refractivity contribution in [1.82, 2.24) is 4.90 Å². The number of nitrogens with zero attached hydrogens (tertiary/aromatic N) is 1. The van der Waals surface area contributed by atoms with Crippen LogP contribution in [0.2, 0.25) is 0 Å². The number of hydrogen-bond acceptors (Lipinski definition) is 7. The molecule has 1 aliphatic heterocycles. The van der Waals surface area contributed by atoms with Crippen LogP contribution in [0.1, 0.15) is 13.3 Å². The predicted octanol–water partition coefficient (Wildman–Crippen LogP) is -0.898. The Morgan fingerprint density at radius 2 is 2.05 bits per heavy atom. The average Bonchev–Trinajstić information content (AvgIpc) is 2.68. The Balaban J connectivity index is 2.73. The van der Waals surface area contributed by atoms with Gasteiger partial charge in [-0.15, -0.1) is 0 Å². The van der Waals surface area contributed by atoms with E-state index in [1.54, 1.807) is 6.92 Å². The highest BCUT2D eigenvalue weighted by atomic mass is 32.2. The highest BCUT2D eigenvalue weighted by molar-refractivity contribution is 7.99. The second-order valence-corrected chi connectivity index (χ2v) is 5.71. The van der Waals surface area contributed by atoms with Gasteiger partial charge in [0.25, 0.3) is 0 Å². The van der Waals surface area contributed by atoms with Crippen LogP contribution in [0.4, 0.5) is 0 Å². The number of carboxylic acid groups (broad SMARTS) is 1. The molecule has 1 heterocycles. The van der Waals surface area contributed by atoms with Crippen molar-refractivity contribution in [3.63, 3.8) is 0 Å². The fourth-order valence-electron chi connectivity index (χ4n) is 1.88. The van der Waals surface area contributed by atoms with Crippen molar-refractivity contribution in [2.75, 3.05) is 18.6 Å². The summed E-state index contributed by atoms with van der Waals surface area (Å²) in [6.45, 7) is 1.59. The third-order valence-electron chi connectivity index (χ3n) is 3.03. The van der Waals surface area contributed by atoms with Crippen LogP contribution in [0.5, 0.6) is 0 Å². The van der Waals surface area contributed by atoms with Gasteiger partial charge in [-0.05, 0) is 0 Å². The van der Waals surface area contributed by atoms with Crippen LogP contribution in [0.3, 0.4) is 0 Å². The molecule has 1 rings (SSSR count). The number of aliphatic carboxylic acids is 1. The zero-order chi connectivity index (χ0) is 16.2. The lowest BCUT2D eigenvalue weighted by atomic mass is 10.1. The smallest absolute Gasteiger partial charge is 0.333 e. The van der Waals surface area contributed by atoms with Gasteiger partial charge in [-0.3, -0.25) is 14.5 Å². The number of hydrogen-bond donors (Lipinski definition) is 2. The number of ether oxygens (including phenoxy) is 1. The summed E-state index contributed by atoms with van der Waals surface area (Å²) < 4.78 is 4.58. The SMILES string of the molecule is COC(=O)C(CSCC(O)C(=O)O)N1C(=O)CC(C)C1=O. The minimum Gasteiger partial charge on any atom is -0.479 e. The van der Waals surface area contributed by atoms with Gasteiger partial charge in [-0.2, -0.15) is 11.8 Å². The topological polar surface area (TPSA) is 121 Å². The Kier molecular flexibility index (Phi) is 6.16. The number of imide groups is 1. The van der Waals surface area contributed by atoms with Crippen molar-refractivity contribution in [2.24, 2.45) is 5.92 Å². The fraction of sp³-hybridized carbons (Fsp3) is 0.667. The minimum atomic E-state index is -1.57. The average molecular weight is 319 g/mol. The normalized spacial score (nSPS) is 21.3.